The van der Waals surface area contributed by atoms with Crippen LogP contribution < -0.4 is 0 Å². The topological polar surface area (TPSA) is 74.1 Å². The highest BCUT2D eigenvalue weighted by Gasteiger charge is 2.22. The van der Waals surface area contributed by atoms with Gasteiger partial charge >= 0.3 is 0 Å². The summed E-state index contributed by atoms with van der Waals surface area (Å²) in [6, 6.07) is 26.0. The number of sulfone groups is 1. The van der Waals surface area contributed by atoms with Crippen LogP contribution in [0.2, 0.25) is 5.02 Å². The van der Waals surface area contributed by atoms with Crippen molar-refractivity contribution in [3.05, 3.63) is 108 Å². The van der Waals surface area contributed by atoms with Gasteiger partial charge in [0.1, 0.15) is 11.9 Å². The van der Waals surface area contributed by atoms with Crippen LogP contribution in [0.15, 0.2) is 96.0 Å². The standard InChI is InChI=1S/C27H22ClN3O3S/c1-34-26(24-16-9-18-5-3-4-6-23(18)29-24)25-17-31(21-12-14-22(15-13-21)35(2,32)33)27(30-25)19-7-10-20(28)11-8-19/h3-17,26H,1-2H3. The van der Waals surface area contributed by atoms with Crippen LogP contribution in [-0.4, -0.2) is 36.3 Å². The van der Waals surface area contributed by atoms with Crippen LogP contribution in [0.1, 0.15) is 17.5 Å². The summed E-state index contributed by atoms with van der Waals surface area (Å²) >= 11 is 6.11. The van der Waals surface area contributed by atoms with E-state index >= 15 is 0 Å². The molecule has 0 bridgehead atoms. The average molecular weight is 504 g/mol. The van der Waals surface area contributed by atoms with E-state index in [9.17, 15) is 8.42 Å². The van der Waals surface area contributed by atoms with Crippen LogP contribution in [0.4, 0.5) is 0 Å². The number of pyridine rings is 1. The van der Waals surface area contributed by atoms with Crippen molar-refractivity contribution in [1.82, 2.24) is 14.5 Å². The molecular formula is C27H22ClN3O3S. The van der Waals surface area contributed by atoms with Crippen LogP contribution in [0.5, 0.6) is 0 Å². The van der Waals surface area contributed by atoms with Gasteiger partial charge in [-0.3, -0.25) is 4.57 Å². The molecule has 0 radical (unpaired) electrons. The maximum Gasteiger partial charge on any atom is 0.175 e. The quantitative estimate of drug-likeness (QED) is 0.289. The number of para-hydroxylation sites is 1. The molecule has 3 aromatic carbocycles. The number of ether oxygens (including phenoxy) is 1. The largest absolute Gasteiger partial charge is 0.369 e. The van der Waals surface area contributed by atoms with E-state index in [4.69, 9.17) is 26.3 Å². The van der Waals surface area contributed by atoms with Gasteiger partial charge in [0.25, 0.3) is 0 Å². The van der Waals surface area contributed by atoms with Gasteiger partial charge in [-0.05, 0) is 60.7 Å². The van der Waals surface area contributed by atoms with E-state index in [-0.39, 0.29) is 4.90 Å². The van der Waals surface area contributed by atoms with Crippen LogP contribution in [0.3, 0.4) is 0 Å². The SMILES string of the molecule is COC(c1cn(-c2ccc(S(C)(=O)=O)cc2)c(-c2ccc(Cl)cc2)n1)c1ccc2ccccc2n1. The third-order valence-electron chi connectivity index (χ3n) is 5.76. The lowest BCUT2D eigenvalue weighted by atomic mass is 10.1. The number of hydrogen-bond donors (Lipinski definition) is 0. The number of halogens is 1. The molecule has 1 unspecified atom stereocenters. The molecule has 0 aliphatic heterocycles. The molecular weight excluding hydrogens is 482 g/mol. The van der Waals surface area contributed by atoms with Crippen molar-refractivity contribution < 1.29 is 13.2 Å². The zero-order valence-corrected chi connectivity index (χ0v) is 20.7. The first kappa shape index (κ1) is 23.2. The van der Waals surface area contributed by atoms with Crippen molar-refractivity contribution in [2.24, 2.45) is 0 Å². The van der Waals surface area contributed by atoms with Crippen LogP contribution in [-0.2, 0) is 14.6 Å². The molecule has 0 aliphatic rings. The highest BCUT2D eigenvalue weighted by atomic mass is 35.5. The van der Waals surface area contributed by atoms with Crippen molar-refractivity contribution in [2.45, 2.75) is 11.0 Å². The van der Waals surface area contributed by atoms with E-state index in [1.807, 2.05) is 59.3 Å². The third kappa shape index (κ3) is 4.71. The van der Waals surface area contributed by atoms with Crippen molar-refractivity contribution in [1.29, 1.82) is 0 Å². The molecule has 2 heterocycles. The molecule has 6 nitrogen and oxygen atoms in total. The zero-order chi connectivity index (χ0) is 24.6. The molecule has 0 fully saturated rings. The highest BCUT2D eigenvalue weighted by molar-refractivity contribution is 7.90. The van der Waals surface area contributed by atoms with Gasteiger partial charge in [0, 0.05) is 41.2 Å². The monoisotopic (exact) mass is 503 g/mol. The van der Waals surface area contributed by atoms with E-state index in [1.54, 1.807) is 43.5 Å². The minimum atomic E-state index is -3.30. The average Bonchev–Trinajstić information content (AvgIpc) is 3.29. The van der Waals surface area contributed by atoms with Gasteiger partial charge in [-0.1, -0.05) is 35.9 Å². The number of aromatic nitrogens is 3. The first-order valence-corrected chi connectivity index (χ1v) is 13.1. The third-order valence-corrected chi connectivity index (χ3v) is 7.14. The summed E-state index contributed by atoms with van der Waals surface area (Å²) in [5.74, 6) is 0.673. The minimum Gasteiger partial charge on any atom is -0.369 e. The van der Waals surface area contributed by atoms with Crippen molar-refractivity contribution >= 4 is 32.3 Å². The van der Waals surface area contributed by atoms with E-state index in [0.717, 1.165) is 27.8 Å². The maximum absolute atomic E-state index is 11.9. The molecule has 0 spiro atoms. The molecule has 8 heteroatoms. The maximum atomic E-state index is 11.9. The van der Waals surface area contributed by atoms with Crippen molar-refractivity contribution in [3.63, 3.8) is 0 Å². The van der Waals surface area contributed by atoms with Gasteiger partial charge in [-0.25, -0.2) is 18.4 Å². The van der Waals surface area contributed by atoms with Gasteiger partial charge in [0.05, 0.1) is 21.8 Å². The molecule has 0 amide bonds. The molecule has 5 aromatic rings. The van der Waals surface area contributed by atoms with Gasteiger partial charge in [-0.15, -0.1) is 0 Å². The summed E-state index contributed by atoms with van der Waals surface area (Å²) in [5.41, 5.74) is 3.91. The lowest BCUT2D eigenvalue weighted by molar-refractivity contribution is 0.130. The summed E-state index contributed by atoms with van der Waals surface area (Å²) < 4.78 is 31.6. The van der Waals surface area contributed by atoms with Crippen LogP contribution in [0, 0.1) is 0 Å². The Kier molecular flexibility index (Phi) is 6.15. The van der Waals surface area contributed by atoms with Crippen LogP contribution >= 0.6 is 11.6 Å². The lowest BCUT2D eigenvalue weighted by Crippen LogP contribution is -2.06. The Morgan fingerprint density at radius 2 is 1.57 bits per heavy atom. The minimum absolute atomic E-state index is 0.254. The number of benzene rings is 3. The number of imidazole rings is 1. The van der Waals surface area contributed by atoms with E-state index in [2.05, 4.69) is 0 Å². The Morgan fingerprint density at radius 3 is 2.26 bits per heavy atom. The summed E-state index contributed by atoms with van der Waals surface area (Å²) in [5, 5.41) is 1.67. The Balaban J connectivity index is 1.64. The van der Waals surface area contributed by atoms with Crippen molar-refractivity contribution in [3.8, 4) is 17.1 Å². The Labute approximate surface area is 208 Å². The smallest absolute Gasteiger partial charge is 0.175 e. The van der Waals surface area contributed by atoms with Gasteiger partial charge in [0.15, 0.2) is 9.84 Å². The van der Waals surface area contributed by atoms with Crippen LogP contribution in [0.25, 0.3) is 28.0 Å². The number of rotatable bonds is 6. The molecule has 0 saturated carbocycles. The van der Waals surface area contributed by atoms with E-state index < -0.39 is 15.9 Å². The second kappa shape index (κ2) is 9.26. The molecule has 5 rings (SSSR count). The number of fused-ring (bicyclic) bond motifs is 1. The Morgan fingerprint density at radius 1 is 0.857 bits per heavy atom. The fraction of sp³-hybridized carbons (Fsp3) is 0.111. The molecule has 0 saturated heterocycles. The number of methoxy groups -OCH3 is 1. The van der Waals surface area contributed by atoms with Gasteiger partial charge < -0.3 is 4.74 Å². The summed E-state index contributed by atoms with van der Waals surface area (Å²) in [6.45, 7) is 0. The predicted molar refractivity (Wildman–Crippen MR) is 138 cm³/mol. The normalized spacial score (nSPS) is 12.7. The highest BCUT2D eigenvalue weighted by Crippen LogP contribution is 2.31. The molecule has 1 atom stereocenters. The molecule has 0 N–H and O–H groups in total. The zero-order valence-electron chi connectivity index (χ0n) is 19.1. The summed E-state index contributed by atoms with van der Waals surface area (Å²) in [6.07, 6.45) is 2.59. The van der Waals surface area contributed by atoms with Gasteiger partial charge in [-0.2, -0.15) is 0 Å². The van der Waals surface area contributed by atoms with Crippen molar-refractivity contribution in [2.75, 3.05) is 13.4 Å². The fourth-order valence-electron chi connectivity index (χ4n) is 4.00. The Hall–Kier alpha value is -3.52. The number of hydrogen-bond acceptors (Lipinski definition) is 5. The first-order chi connectivity index (χ1) is 16.8. The number of nitrogens with zero attached hydrogens (tertiary/aromatic N) is 3. The molecule has 0 aliphatic carbocycles. The molecule has 35 heavy (non-hydrogen) atoms. The summed E-state index contributed by atoms with van der Waals surface area (Å²) in [4.78, 5) is 9.98. The van der Waals surface area contributed by atoms with Gasteiger partial charge in [0.2, 0.25) is 0 Å². The first-order valence-electron chi connectivity index (χ1n) is 10.9. The molecule has 176 valence electrons. The van der Waals surface area contributed by atoms with E-state index in [0.29, 0.717) is 16.5 Å². The molecule has 2 aromatic heterocycles. The lowest BCUT2D eigenvalue weighted by Gasteiger charge is -2.13. The van der Waals surface area contributed by atoms with E-state index in [1.165, 1.54) is 6.26 Å². The summed E-state index contributed by atoms with van der Waals surface area (Å²) in [7, 11) is -1.67. The predicted octanol–water partition coefficient (Wildman–Crippen LogP) is 5.88. The Bertz CT molecular complexity index is 1610. The second-order valence-electron chi connectivity index (χ2n) is 8.18. The fourth-order valence-corrected chi connectivity index (χ4v) is 4.76. The second-order valence-corrected chi connectivity index (χ2v) is 10.6.